The molecule has 1 aromatic heterocycles. The minimum absolute atomic E-state index is 0.00299. The maximum Gasteiger partial charge on any atom is 0.233 e. The van der Waals surface area contributed by atoms with Crippen LogP contribution in [0.15, 0.2) is 22.8 Å². The van der Waals surface area contributed by atoms with Crippen molar-refractivity contribution in [1.82, 2.24) is 9.29 Å². The number of carbonyl (C=O) groups is 1. The second kappa shape index (κ2) is 6.95. The van der Waals surface area contributed by atoms with Gasteiger partial charge in [-0.15, -0.1) is 0 Å². The Morgan fingerprint density at radius 1 is 1.39 bits per heavy atom. The maximum absolute atomic E-state index is 13.9. The molecule has 0 atom stereocenters. The Kier molecular flexibility index (Phi) is 5.59. The standard InChI is InChI=1S/C17H22BrFN2OS/c1-10(2)16(22)21-9-11(8-20-23-17(3,4)5)12-6-14(19)13(18)7-15(12)21/h6-7,9-10,20H,8H2,1-5H3. The highest BCUT2D eigenvalue weighted by Crippen LogP contribution is 2.29. The van der Waals surface area contributed by atoms with Crippen molar-refractivity contribution in [3.8, 4) is 0 Å². The summed E-state index contributed by atoms with van der Waals surface area (Å²) in [5.41, 5.74) is 1.65. The summed E-state index contributed by atoms with van der Waals surface area (Å²) in [6.07, 6.45) is 1.81. The van der Waals surface area contributed by atoms with Crippen LogP contribution in [0.25, 0.3) is 10.9 Å². The molecule has 1 N–H and O–H groups in total. The minimum Gasteiger partial charge on any atom is -0.287 e. The molecule has 0 radical (unpaired) electrons. The number of nitrogens with one attached hydrogen (secondary N) is 1. The number of hydrogen-bond acceptors (Lipinski definition) is 3. The molecule has 3 nitrogen and oxygen atoms in total. The van der Waals surface area contributed by atoms with Crippen LogP contribution in [-0.4, -0.2) is 15.2 Å². The van der Waals surface area contributed by atoms with E-state index in [9.17, 15) is 9.18 Å². The lowest BCUT2D eigenvalue weighted by molar-refractivity contribution is 0.0860. The molecule has 0 aliphatic heterocycles. The lowest BCUT2D eigenvalue weighted by Gasteiger charge is -2.17. The molecular formula is C17H22BrFN2OS. The van der Waals surface area contributed by atoms with Crippen LogP contribution in [0.4, 0.5) is 4.39 Å². The summed E-state index contributed by atoms with van der Waals surface area (Å²) >= 11 is 4.83. The van der Waals surface area contributed by atoms with Gasteiger partial charge in [-0.3, -0.25) is 14.1 Å². The van der Waals surface area contributed by atoms with E-state index in [2.05, 4.69) is 41.4 Å². The van der Waals surface area contributed by atoms with Gasteiger partial charge in [0.05, 0.1) is 9.99 Å². The summed E-state index contributed by atoms with van der Waals surface area (Å²) in [7, 11) is 0. The van der Waals surface area contributed by atoms with Gasteiger partial charge in [0.15, 0.2) is 0 Å². The predicted octanol–water partition coefficient (Wildman–Crippen LogP) is 5.38. The van der Waals surface area contributed by atoms with Gasteiger partial charge in [-0.05, 0) is 54.4 Å². The number of hydrogen-bond donors (Lipinski definition) is 1. The van der Waals surface area contributed by atoms with Crippen LogP contribution in [0.1, 0.15) is 45.0 Å². The highest BCUT2D eigenvalue weighted by molar-refractivity contribution is 9.10. The number of halogens is 2. The second-order valence-electron chi connectivity index (χ2n) is 6.84. The topological polar surface area (TPSA) is 34.0 Å². The highest BCUT2D eigenvalue weighted by Gasteiger charge is 2.18. The quantitative estimate of drug-likeness (QED) is 0.699. The van der Waals surface area contributed by atoms with Crippen LogP contribution >= 0.6 is 27.9 Å². The smallest absolute Gasteiger partial charge is 0.233 e. The van der Waals surface area contributed by atoms with Gasteiger partial charge in [0, 0.05) is 28.8 Å². The van der Waals surface area contributed by atoms with Crippen LogP contribution in [0.2, 0.25) is 0 Å². The molecule has 0 spiro atoms. The molecule has 0 aliphatic rings. The fourth-order valence-electron chi connectivity index (χ4n) is 2.22. The van der Waals surface area contributed by atoms with Crippen LogP contribution in [0.5, 0.6) is 0 Å². The summed E-state index contributed by atoms with van der Waals surface area (Å²) in [4.78, 5) is 12.4. The van der Waals surface area contributed by atoms with Crippen LogP contribution < -0.4 is 4.72 Å². The first-order valence-electron chi connectivity index (χ1n) is 7.54. The molecule has 0 unspecified atom stereocenters. The summed E-state index contributed by atoms with van der Waals surface area (Å²) < 4.78 is 19.3. The van der Waals surface area contributed by atoms with E-state index < -0.39 is 0 Å². The normalized spacial score (nSPS) is 12.3. The third-order valence-electron chi connectivity index (χ3n) is 3.30. The van der Waals surface area contributed by atoms with Gasteiger partial charge in [0.1, 0.15) is 5.82 Å². The first-order chi connectivity index (χ1) is 10.6. The van der Waals surface area contributed by atoms with Gasteiger partial charge in [0.25, 0.3) is 0 Å². The molecule has 1 heterocycles. The zero-order chi connectivity index (χ0) is 17.4. The molecule has 0 bridgehead atoms. The molecule has 0 saturated carbocycles. The van der Waals surface area contributed by atoms with E-state index in [1.165, 1.54) is 6.07 Å². The van der Waals surface area contributed by atoms with Gasteiger partial charge in [0.2, 0.25) is 5.91 Å². The Balaban J connectivity index is 2.44. The van der Waals surface area contributed by atoms with Gasteiger partial charge in [-0.25, -0.2) is 4.39 Å². The van der Waals surface area contributed by atoms with E-state index >= 15 is 0 Å². The maximum atomic E-state index is 13.9. The third kappa shape index (κ3) is 4.37. The fourth-order valence-corrected chi connectivity index (χ4v) is 3.21. The monoisotopic (exact) mass is 400 g/mol. The van der Waals surface area contributed by atoms with Crippen LogP contribution in [0.3, 0.4) is 0 Å². The van der Waals surface area contributed by atoms with Crippen molar-refractivity contribution in [3.63, 3.8) is 0 Å². The molecule has 0 amide bonds. The third-order valence-corrected chi connectivity index (χ3v) is 4.81. The second-order valence-corrected chi connectivity index (χ2v) is 9.41. The molecule has 2 rings (SSSR count). The largest absolute Gasteiger partial charge is 0.287 e. The summed E-state index contributed by atoms with van der Waals surface area (Å²) in [6.45, 7) is 10.6. The van der Waals surface area contributed by atoms with Crippen molar-refractivity contribution in [2.24, 2.45) is 5.92 Å². The zero-order valence-corrected chi connectivity index (χ0v) is 16.4. The van der Waals surface area contributed by atoms with E-state index in [1.807, 2.05) is 20.0 Å². The molecule has 0 aliphatic carbocycles. The average Bonchev–Trinajstić information content (AvgIpc) is 2.75. The summed E-state index contributed by atoms with van der Waals surface area (Å²) in [6, 6.07) is 3.16. The Labute approximate surface area is 149 Å². The van der Waals surface area contributed by atoms with E-state index in [-0.39, 0.29) is 22.4 Å². The molecule has 1 aromatic carbocycles. The number of carbonyl (C=O) groups excluding carboxylic acids is 1. The molecule has 2 aromatic rings. The first-order valence-corrected chi connectivity index (χ1v) is 9.15. The Bertz CT molecular complexity index is 734. The molecule has 0 saturated heterocycles. The highest BCUT2D eigenvalue weighted by atomic mass is 79.9. The number of fused-ring (bicyclic) bond motifs is 1. The van der Waals surface area contributed by atoms with Gasteiger partial charge >= 0.3 is 0 Å². The van der Waals surface area contributed by atoms with Crippen molar-refractivity contribution in [2.75, 3.05) is 0 Å². The number of nitrogens with zero attached hydrogens (tertiary/aromatic N) is 1. The predicted molar refractivity (Wildman–Crippen MR) is 99.2 cm³/mol. The van der Waals surface area contributed by atoms with Crippen LogP contribution in [0, 0.1) is 11.7 Å². The van der Waals surface area contributed by atoms with Gasteiger partial charge in [-0.2, -0.15) is 0 Å². The molecule has 126 valence electrons. The molecule has 0 fully saturated rings. The Hall–Kier alpha value is -0.850. The van der Waals surface area contributed by atoms with Crippen molar-refractivity contribution in [3.05, 3.63) is 34.2 Å². The summed E-state index contributed by atoms with van der Waals surface area (Å²) in [5.74, 6) is -0.445. The lowest BCUT2D eigenvalue weighted by Crippen LogP contribution is -2.17. The van der Waals surface area contributed by atoms with Gasteiger partial charge < -0.3 is 0 Å². The minimum atomic E-state index is -0.322. The van der Waals surface area contributed by atoms with E-state index in [0.717, 1.165) is 16.5 Å². The van der Waals surface area contributed by atoms with Crippen molar-refractivity contribution >= 4 is 44.7 Å². The number of rotatable bonds is 4. The van der Waals surface area contributed by atoms with E-state index in [1.54, 1.807) is 22.6 Å². The average molecular weight is 401 g/mol. The number of benzene rings is 1. The van der Waals surface area contributed by atoms with Crippen molar-refractivity contribution < 1.29 is 9.18 Å². The first kappa shape index (κ1) is 18.5. The van der Waals surface area contributed by atoms with E-state index in [0.29, 0.717) is 11.0 Å². The molecule has 6 heteroatoms. The number of aromatic nitrogens is 1. The Morgan fingerprint density at radius 2 is 2.04 bits per heavy atom. The fraction of sp³-hybridized carbons (Fsp3) is 0.471. The lowest BCUT2D eigenvalue weighted by atomic mass is 10.1. The van der Waals surface area contributed by atoms with Crippen molar-refractivity contribution in [2.45, 2.75) is 45.9 Å². The molecular weight excluding hydrogens is 379 g/mol. The molecule has 23 heavy (non-hydrogen) atoms. The van der Waals surface area contributed by atoms with Crippen molar-refractivity contribution in [1.29, 1.82) is 0 Å². The Morgan fingerprint density at radius 3 is 2.61 bits per heavy atom. The SMILES string of the molecule is CC(C)C(=O)n1cc(CNSC(C)(C)C)c2cc(F)c(Br)cc21. The summed E-state index contributed by atoms with van der Waals surface area (Å²) in [5, 5.41) is 0.765. The van der Waals surface area contributed by atoms with E-state index in [4.69, 9.17) is 0 Å². The zero-order valence-electron chi connectivity index (χ0n) is 14.0. The van der Waals surface area contributed by atoms with Crippen LogP contribution in [-0.2, 0) is 6.54 Å². The van der Waals surface area contributed by atoms with Gasteiger partial charge in [-0.1, -0.05) is 25.8 Å².